The number of fused-ring (bicyclic) bond motifs is 2. The third-order valence-electron chi connectivity index (χ3n) is 10.2. The molecule has 0 N–H and O–H groups in total. The van der Waals surface area contributed by atoms with Crippen molar-refractivity contribution in [3.05, 3.63) is 0 Å². The van der Waals surface area contributed by atoms with Crippen molar-refractivity contribution >= 4 is 28.6 Å². The largest absolute Gasteiger partial charge is 0.462 e. The molecule has 6 nitrogen and oxygen atoms in total. The van der Waals surface area contributed by atoms with Crippen molar-refractivity contribution in [1.29, 1.82) is 0 Å². The van der Waals surface area contributed by atoms with Gasteiger partial charge < -0.3 is 18.3 Å². The Hall–Kier alpha value is -0.706. The number of hydrogen-bond acceptors (Lipinski definition) is 6. The van der Waals surface area contributed by atoms with Crippen molar-refractivity contribution in [2.75, 3.05) is 13.2 Å². The maximum Gasteiger partial charge on any atom is 0.309 e. The van der Waals surface area contributed by atoms with Crippen molar-refractivity contribution < 1.29 is 27.9 Å². The van der Waals surface area contributed by atoms with Gasteiger partial charge in [0.25, 0.3) is 0 Å². The molecule has 1 heterocycles. The van der Waals surface area contributed by atoms with E-state index in [0.717, 1.165) is 51.4 Å². The maximum atomic E-state index is 13.0. The van der Waals surface area contributed by atoms with Gasteiger partial charge in [0.15, 0.2) is 16.6 Å². The first-order valence-corrected chi connectivity index (χ1v) is 20.9. The van der Waals surface area contributed by atoms with Gasteiger partial charge in [0.2, 0.25) is 0 Å². The van der Waals surface area contributed by atoms with E-state index < -0.39 is 16.6 Å². The first-order valence-electron chi connectivity index (χ1n) is 15.1. The molecular formula is C30H56O6Si2. The van der Waals surface area contributed by atoms with E-state index in [1.54, 1.807) is 0 Å². The highest BCUT2D eigenvalue weighted by Gasteiger charge is 2.48. The van der Waals surface area contributed by atoms with Crippen molar-refractivity contribution in [2.45, 2.75) is 141 Å². The molecule has 8 heteroatoms. The van der Waals surface area contributed by atoms with Crippen LogP contribution in [-0.4, -0.2) is 54.0 Å². The summed E-state index contributed by atoms with van der Waals surface area (Å²) in [4.78, 5) is 26.0. The molecule has 0 bridgehead atoms. The van der Waals surface area contributed by atoms with Crippen molar-refractivity contribution in [1.82, 2.24) is 0 Å². The summed E-state index contributed by atoms with van der Waals surface area (Å²) in [6.07, 6.45) is 6.35. The summed E-state index contributed by atoms with van der Waals surface area (Å²) in [5.41, 5.74) is 0. The third kappa shape index (κ3) is 8.64. The summed E-state index contributed by atoms with van der Waals surface area (Å²) in [5, 5.41) is 0.314. The van der Waals surface area contributed by atoms with Gasteiger partial charge in [0, 0.05) is 26.1 Å². The highest BCUT2D eigenvalue weighted by atomic mass is 28.4. The second-order valence-electron chi connectivity index (χ2n) is 15.3. The number of carbonyl (C=O) groups is 2. The maximum absolute atomic E-state index is 13.0. The van der Waals surface area contributed by atoms with Crippen LogP contribution in [0.3, 0.4) is 0 Å². The lowest BCUT2D eigenvalue weighted by Gasteiger charge is -2.36. The van der Waals surface area contributed by atoms with Crippen LogP contribution in [0.5, 0.6) is 0 Å². The Morgan fingerprint density at radius 2 is 1.00 bits per heavy atom. The molecule has 0 radical (unpaired) electrons. The van der Waals surface area contributed by atoms with Crippen LogP contribution in [-0.2, 0) is 27.9 Å². The van der Waals surface area contributed by atoms with E-state index in [1.165, 1.54) is 0 Å². The van der Waals surface area contributed by atoms with Gasteiger partial charge in [0.05, 0.1) is 11.8 Å². The van der Waals surface area contributed by atoms with Crippen molar-refractivity contribution in [3.63, 3.8) is 0 Å². The van der Waals surface area contributed by atoms with Gasteiger partial charge in [0.1, 0.15) is 12.2 Å². The average molecular weight is 569 g/mol. The molecule has 3 fully saturated rings. The highest BCUT2D eigenvalue weighted by molar-refractivity contribution is 6.74. The monoisotopic (exact) mass is 568 g/mol. The molecule has 3 rings (SSSR count). The standard InChI is InChI=1S/C30H56O6Si2/c1-29(2,3)37(7,8)33-17-15-23-13-11-21-19-26(21)28(32)36-24(14-12-22-20-25(22)27(31)35-23)16-18-34-38(9,10)30(4,5)6/h21-26H,11-20H2,1-10H3/t21-,22-,23-,24-,25-,26-/m0/s1. The fourth-order valence-corrected chi connectivity index (χ4v) is 6.98. The molecular weight excluding hydrogens is 512 g/mol. The summed E-state index contributed by atoms with van der Waals surface area (Å²) >= 11 is 0. The number of cyclic esters (lactones) is 2. The van der Waals surface area contributed by atoms with Crippen molar-refractivity contribution in [3.8, 4) is 0 Å². The smallest absolute Gasteiger partial charge is 0.309 e. The fraction of sp³-hybridized carbons (Fsp3) is 0.933. The SMILES string of the molecule is CC(C)(C)[Si](C)(C)OCC[C@@H]1CC[C@H]2C[C@@H]2C(=O)O[C@H](CCO[Si](C)(C)C(C)(C)C)CC[C@H]2C[C@@H]2C(=O)O1. The zero-order chi connectivity index (χ0) is 28.5. The number of hydrogen-bond donors (Lipinski definition) is 0. The average Bonchev–Trinajstić information content (AvgIpc) is 3.68. The predicted octanol–water partition coefficient (Wildman–Crippen LogP) is 7.48. The van der Waals surface area contributed by atoms with E-state index in [2.05, 4.69) is 67.7 Å². The van der Waals surface area contributed by atoms with Crippen LogP contribution in [0.1, 0.15) is 92.9 Å². The Balaban J connectivity index is 1.56. The van der Waals surface area contributed by atoms with E-state index >= 15 is 0 Å². The normalized spacial score (nSPS) is 31.4. The van der Waals surface area contributed by atoms with E-state index in [-0.39, 0.29) is 46.1 Å². The van der Waals surface area contributed by atoms with Gasteiger partial charge in [-0.3, -0.25) is 9.59 Å². The number of ether oxygens (including phenoxy) is 2. The minimum absolute atomic E-state index is 0.00439. The van der Waals surface area contributed by atoms with Gasteiger partial charge in [-0.25, -0.2) is 0 Å². The molecule has 0 aromatic carbocycles. The lowest BCUT2D eigenvalue weighted by atomic mass is 10.1. The van der Waals surface area contributed by atoms with Crippen molar-refractivity contribution in [2.24, 2.45) is 23.7 Å². The molecule has 0 spiro atoms. The van der Waals surface area contributed by atoms with E-state index in [9.17, 15) is 9.59 Å². The quantitative estimate of drug-likeness (QED) is 0.223. The molecule has 220 valence electrons. The molecule has 0 aromatic rings. The highest BCUT2D eigenvalue weighted by Crippen LogP contribution is 2.47. The second-order valence-corrected chi connectivity index (χ2v) is 24.9. The first-order chi connectivity index (χ1) is 17.4. The lowest BCUT2D eigenvalue weighted by Crippen LogP contribution is -2.41. The second kappa shape index (κ2) is 12.0. The third-order valence-corrected chi connectivity index (χ3v) is 19.2. The zero-order valence-electron chi connectivity index (χ0n) is 26.0. The minimum Gasteiger partial charge on any atom is -0.462 e. The summed E-state index contributed by atoms with van der Waals surface area (Å²) in [6, 6.07) is 0. The Labute approximate surface area is 234 Å². The Morgan fingerprint density at radius 3 is 1.32 bits per heavy atom. The Kier molecular flexibility index (Phi) is 10.1. The summed E-state index contributed by atoms with van der Waals surface area (Å²) < 4.78 is 24.9. The van der Waals surface area contributed by atoms with Crippen LogP contribution in [0, 0.1) is 23.7 Å². The molecule has 0 aromatic heterocycles. The van der Waals surface area contributed by atoms with E-state index in [4.69, 9.17) is 18.3 Å². The Bertz CT molecular complexity index is 760. The van der Waals surface area contributed by atoms with Gasteiger partial charge >= 0.3 is 11.9 Å². The molecule has 0 amide bonds. The van der Waals surface area contributed by atoms with Crippen LogP contribution >= 0.6 is 0 Å². The molecule has 0 unspecified atom stereocenters. The molecule has 2 aliphatic carbocycles. The van der Waals surface area contributed by atoms with Crippen LogP contribution in [0.2, 0.25) is 36.3 Å². The van der Waals surface area contributed by atoms with Gasteiger partial charge in [-0.1, -0.05) is 41.5 Å². The Morgan fingerprint density at radius 1 is 0.658 bits per heavy atom. The van der Waals surface area contributed by atoms with Gasteiger partial charge in [-0.15, -0.1) is 0 Å². The fourth-order valence-electron chi connectivity index (χ4n) is 4.86. The number of rotatable bonds is 8. The lowest BCUT2D eigenvalue weighted by molar-refractivity contribution is -0.154. The minimum atomic E-state index is -1.84. The van der Waals surface area contributed by atoms with Gasteiger partial charge in [-0.2, -0.15) is 0 Å². The predicted molar refractivity (Wildman–Crippen MR) is 157 cm³/mol. The molecule has 1 aliphatic heterocycles. The summed E-state index contributed by atoms with van der Waals surface area (Å²) in [7, 11) is -3.68. The molecule has 6 atom stereocenters. The van der Waals surface area contributed by atoms with Crippen LogP contribution in [0.15, 0.2) is 0 Å². The molecule has 2 saturated carbocycles. The number of carbonyl (C=O) groups excluding carboxylic acids is 2. The number of esters is 2. The molecule has 1 saturated heterocycles. The van der Waals surface area contributed by atoms with E-state index in [1.807, 2.05) is 0 Å². The summed E-state index contributed by atoms with van der Waals surface area (Å²) in [5.74, 6) is 0.597. The van der Waals surface area contributed by atoms with E-state index in [0.29, 0.717) is 25.0 Å². The summed E-state index contributed by atoms with van der Waals surface area (Å²) in [6.45, 7) is 23.7. The topological polar surface area (TPSA) is 71.1 Å². The van der Waals surface area contributed by atoms with Crippen LogP contribution in [0.25, 0.3) is 0 Å². The van der Waals surface area contributed by atoms with Gasteiger partial charge in [-0.05, 0) is 86.6 Å². The molecule has 38 heavy (non-hydrogen) atoms. The zero-order valence-corrected chi connectivity index (χ0v) is 28.0. The molecule has 3 aliphatic rings. The van der Waals surface area contributed by atoms with Crippen LogP contribution < -0.4 is 0 Å². The van der Waals surface area contributed by atoms with Crippen LogP contribution in [0.4, 0.5) is 0 Å². The first kappa shape index (κ1) is 31.8.